The van der Waals surface area contributed by atoms with E-state index in [9.17, 15) is 9.59 Å². The molecule has 1 aliphatic rings. The first kappa shape index (κ1) is 21.7. The van der Waals surface area contributed by atoms with Gasteiger partial charge in [-0.25, -0.2) is 0 Å². The molecule has 1 fully saturated rings. The molecule has 1 heterocycles. The van der Waals surface area contributed by atoms with E-state index in [1.165, 1.54) is 0 Å². The largest absolute Gasteiger partial charge is 0.496 e. The maximum atomic E-state index is 12.6. The highest BCUT2D eigenvalue weighted by Gasteiger charge is 2.28. The number of carbonyl (C=O) groups excluding carboxylic acids is 2. The van der Waals surface area contributed by atoms with Gasteiger partial charge in [-0.2, -0.15) is 0 Å². The number of amides is 2. The van der Waals surface area contributed by atoms with Gasteiger partial charge in [0.2, 0.25) is 0 Å². The molecule has 30 heavy (non-hydrogen) atoms. The van der Waals surface area contributed by atoms with Crippen molar-refractivity contribution in [3.63, 3.8) is 0 Å². The molecule has 3 rings (SSSR count). The van der Waals surface area contributed by atoms with Gasteiger partial charge in [-0.3, -0.25) is 9.59 Å². The first-order chi connectivity index (χ1) is 14.5. The molecule has 2 atom stereocenters. The predicted molar refractivity (Wildman–Crippen MR) is 116 cm³/mol. The lowest BCUT2D eigenvalue weighted by atomic mass is 9.97. The molecule has 0 saturated carbocycles. The monoisotopic (exact) mass is 410 g/mol. The third-order valence-electron chi connectivity index (χ3n) is 5.59. The first-order valence-corrected chi connectivity index (χ1v) is 10.4. The van der Waals surface area contributed by atoms with E-state index >= 15 is 0 Å². The van der Waals surface area contributed by atoms with Gasteiger partial charge in [0.05, 0.1) is 7.11 Å². The lowest BCUT2D eigenvalue weighted by Gasteiger charge is -2.38. The third kappa shape index (κ3) is 5.32. The van der Waals surface area contributed by atoms with Crippen LogP contribution in [-0.4, -0.2) is 42.5 Å². The normalized spacial score (nSPS) is 18.6. The topological polar surface area (TPSA) is 67.9 Å². The zero-order valence-electron chi connectivity index (χ0n) is 17.9. The Kier molecular flexibility index (Phi) is 7.33. The van der Waals surface area contributed by atoms with Crippen LogP contribution in [0.15, 0.2) is 48.5 Å². The maximum Gasteiger partial charge on any atom is 0.260 e. The number of rotatable bonds is 7. The van der Waals surface area contributed by atoms with Crippen molar-refractivity contribution < 1.29 is 19.1 Å². The van der Waals surface area contributed by atoms with Gasteiger partial charge in [-0.05, 0) is 63.4 Å². The fourth-order valence-electron chi connectivity index (χ4n) is 3.96. The second-order valence-electron chi connectivity index (χ2n) is 7.74. The minimum atomic E-state index is -0.181. The third-order valence-corrected chi connectivity index (χ3v) is 5.59. The molecule has 2 amide bonds. The molecule has 160 valence electrons. The predicted octanol–water partition coefficient (Wildman–Crippen LogP) is 3.79. The van der Waals surface area contributed by atoms with Crippen LogP contribution in [0.2, 0.25) is 0 Å². The van der Waals surface area contributed by atoms with Gasteiger partial charge in [0.15, 0.2) is 6.61 Å². The Morgan fingerprint density at radius 1 is 1.03 bits per heavy atom. The first-order valence-electron chi connectivity index (χ1n) is 10.4. The van der Waals surface area contributed by atoms with Crippen molar-refractivity contribution in [2.75, 3.05) is 13.7 Å². The smallest absolute Gasteiger partial charge is 0.260 e. The zero-order valence-corrected chi connectivity index (χ0v) is 17.9. The van der Waals surface area contributed by atoms with E-state index in [1.54, 1.807) is 31.4 Å². The van der Waals surface area contributed by atoms with Crippen molar-refractivity contribution in [3.8, 4) is 11.5 Å². The van der Waals surface area contributed by atoms with Crippen LogP contribution in [0.5, 0.6) is 11.5 Å². The molecule has 0 aromatic heterocycles. The number of hydrogen-bond donors (Lipinski definition) is 1. The lowest BCUT2D eigenvalue weighted by Crippen LogP contribution is -2.49. The molecule has 6 heteroatoms. The molecule has 0 spiro atoms. The van der Waals surface area contributed by atoms with Gasteiger partial charge in [-0.15, -0.1) is 0 Å². The molecular weight excluding hydrogens is 380 g/mol. The molecule has 1 aliphatic heterocycles. The highest BCUT2D eigenvalue weighted by atomic mass is 16.5. The van der Waals surface area contributed by atoms with Crippen LogP contribution in [0, 0.1) is 0 Å². The summed E-state index contributed by atoms with van der Waals surface area (Å²) in [5, 5.41) is 2.89. The Morgan fingerprint density at radius 2 is 1.70 bits per heavy atom. The number of nitrogens with one attached hydrogen (secondary N) is 1. The number of likely N-dealkylation sites (tertiary alicyclic amines) is 1. The number of para-hydroxylation sites is 1. The summed E-state index contributed by atoms with van der Waals surface area (Å²) in [6.07, 6.45) is 3.23. The Hall–Kier alpha value is -3.02. The molecule has 6 nitrogen and oxygen atoms in total. The fourth-order valence-corrected chi connectivity index (χ4v) is 3.96. The van der Waals surface area contributed by atoms with Gasteiger partial charge < -0.3 is 19.7 Å². The van der Waals surface area contributed by atoms with Crippen LogP contribution in [-0.2, 0) is 11.3 Å². The minimum Gasteiger partial charge on any atom is -0.496 e. The van der Waals surface area contributed by atoms with Crippen molar-refractivity contribution in [1.29, 1.82) is 0 Å². The van der Waals surface area contributed by atoms with Gasteiger partial charge >= 0.3 is 0 Å². The second-order valence-corrected chi connectivity index (χ2v) is 7.74. The summed E-state index contributed by atoms with van der Waals surface area (Å²) in [6.45, 7) is 4.56. The van der Waals surface area contributed by atoms with Crippen molar-refractivity contribution in [2.24, 2.45) is 0 Å². The van der Waals surface area contributed by atoms with Crippen molar-refractivity contribution in [2.45, 2.75) is 51.7 Å². The quantitative estimate of drug-likeness (QED) is 0.754. The molecule has 1 N–H and O–H groups in total. The lowest BCUT2D eigenvalue weighted by molar-refractivity contribution is -0.139. The molecule has 2 unspecified atom stereocenters. The van der Waals surface area contributed by atoms with Gasteiger partial charge in [0.25, 0.3) is 11.8 Å². The van der Waals surface area contributed by atoms with Gasteiger partial charge in [0.1, 0.15) is 11.5 Å². The van der Waals surface area contributed by atoms with E-state index in [4.69, 9.17) is 9.47 Å². The van der Waals surface area contributed by atoms with E-state index in [-0.39, 0.29) is 30.5 Å². The van der Waals surface area contributed by atoms with Crippen LogP contribution >= 0.6 is 0 Å². The fraction of sp³-hybridized carbons (Fsp3) is 0.417. The standard InChI is InChI=1S/C24H30N2O4/c1-17-7-6-8-18(2)26(17)23(27)16-30-21-13-11-19(12-14-21)24(28)25-15-20-9-4-5-10-22(20)29-3/h4-5,9-14,17-18H,6-8,15-16H2,1-3H3,(H,25,28). The number of hydrogen-bond acceptors (Lipinski definition) is 4. The molecule has 2 aromatic rings. The summed E-state index contributed by atoms with van der Waals surface area (Å²) in [4.78, 5) is 26.9. The molecule has 0 bridgehead atoms. The van der Waals surface area contributed by atoms with E-state index in [1.807, 2.05) is 29.2 Å². The Labute approximate surface area is 178 Å². The van der Waals surface area contributed by atoms with Crippen LogP contribution in [0.4, 0.5) is 0 Å². The van der Waals surface area contributed by atoms with Crippen LogP contribution in [0.1, 0.15) is 49.0 Å². The summed E-state index contributed by atoms with van der Waals surface area (Å²) in [7, 11) is 1.61. The molecule has 2 aromatic carbocycles. The minimum absolute atomic E-state index is 0.00771. The molecule has 0 aliphatic carbocycles. The zero-order chi connectivity index (χ0) is 21.5. The Morgan fingerprint density at radius 3 is 2.37 bits per heavy atom. The number of benzene rings is 2. The summed E-state index contributed by atoms with van der Waals surface area (Å²) < 4.78 is 11.0. The van der Waals surface area contributed by atoms with Crippen LogP contribution < -0.4 is 14.8 Å². The average Bonchev–Trinajstić information content (AvgIpc) is 2.76. The van der Waals surface area contributed by atoms with Crippen LogP contribution in [0.3, 0.4) is 0 Å². The summed E-state index contributed by atoms with van der Waals surface area (Å²) in [5.41, 5.74) is 1.44. The van der Waals surface area contributed by atoms with Crippen molar-refractivity contribution in [1.82, 2.24) is 10.2 Å². The highest BCUT2D eigenvalue weighted by Crippen LogP contribution is 2.23. The van der Waals surface area contributed by atoms with E-state index < -0.39 is 0 Å². The SMILES string of the molecule is COc1ccccc1CNC(=O)c1ccc(OCC(=O)N2C(C)CCCC2C)cc1. The average molecular weight is 411 g/mol. The Bertz CT molecular complexity index is 856. The van der Waals surface area contributed by atoms with E-state index in [2.05, 4.69) is 19.2 Å². The van der Waals surface area contributed by atoms with E-state index in [0.717, 1.165) is 30.6 Å². The molecule has 0 radical (unpaired) electrons. The number of piperidine rings is 1. The molecule has 1 saturated heterocycles. The van der Waals surface area contributed by atoms with Crippen molar-refractivity contribution >= 4 is 11.8 Å². The summed E-state index contributed by atoms with van der Waals surface area (Å²) in [6, 6.07) is 14.9. The highest BCUT2D eigenvalue weighted by molar-refractivity contribution is 5.94. The number of carbonyl (C=O) groups is 2. The van der Waals surface area contributed by atoms with E-state index in [0.29, 0.717) is 17.9 Å². The number of nitrogens with zero attached hydrogens (tertiary/aromatic N) is 1. The molecular formula is C24H30N2O4. The summed E-state index contributed by atoms with van der Waals surface area (Å²) >= 11 is 0. The van der Waals surface area contributed by atoms with Crippen LogP contribution in [0.25, 0.3) is 0 Å². The van der Waals surface area contributed by atoms with Crippen molar-refractivity contribution in [3.05, 3.63) is 59.7 Å². The Balaban J connectivity index is 1.52. The summed E-state index contributed by atoms with van der Waals surface area (Å²) in [5.74, 6) is 1.14. The van der Waals surface area contributed by atoms with Gasteiger partial charge in [-0.1, -0.05) is 18.2 Å². The van der Waals surface area contributed by atoms with Gasteiger partial charge in [0, 0.05) is 29.8 Å². The maximum absolute atomic E-state index is 12.6. The number of methoxy groups -OCH3 is 1. The second kappa shape index (κ2) is 10.1. The number of ether oxygens (including phenoxy) is 2.